The number of benzene rings is 1. The molecule has 1 nitrogen and oxygen atoms in total. The summed E-state index contributed by atoms with van der Waals surface area (Å²) in [5.41, 5.74) is 1.64. The summed E-state index contributed by atoms with van der Waals surface area (Å²) in [6, 6.07) is 11.3. The maximum Gasteiger partial charge on any atom is 0.00421 e. The highest BCUT2D eigenvalue weighted by Gasteiger charge is 2.19. The Morgan fingerprint density at radius 3 is 2.50 bits per heavy atom. The van der Waals surface area contributed by atoms with E-state index in [0.29, 0.717) is 6.04 Å². The van der Waals surface area contributed by atoms with Crippen LogP contribution < -0.4 is 5.32 Å². The van der Waals surface area contributed by atoms with E-state index in [1.165, 1.54) is 18.4 Å². The molecule has 0 aromatic heterocycles. The van der Waals surface area contributed by atoms with E-state index in [4.69, 9.17) is 0 Å². The Bertz CT molecular complexity index is 342. The zero-order valence-corrected chi connectivity index (χ0v) is 12.1. The minimum atomic E-state index is 0.207. The van der Waals surface area contributed by atoms with Crippen molar-refractivity contribution in [3.05, 3.63) is 48.6 Å². The first-order valence-electron chi connectivity index (χ1n) is 6.97. The van der Waals surface area contributed by atoms with Crippen molar-refractivity contribution in [2.24, 2.45) is 5.41 Å². The summed E-state index contributed by atoms with van der Waals surface area (Å²) in [5.74, 6) is 0. The fraction of sp³-hybridized carbons (Fsp3) is 0.529. The van der Waals surface area contributed by atoms with Gasteiger partial charge in [-0.15, -0.1) is 6.58 Å². The lowest BCUT2D eigenvalue weighted by atomic mass is 9.84. The van der Waals surface area contributed by atoms with Gasteiger partial charge in [-0.05, 0) is 30.2 Å². The first kappa shape index (κ1) is 15.0. The van der Waals surface area contributed by atoms with E-state index < -0.39 is 0 Å². The van der Waals surface area contributed by atoms with Crippen molar-refractivity contribution >= 4 is 0 Å². The van der Waals surface area contributed by atoms with Crippen LogP contribution in [0.1, 0.15) is 39.2 Å². The Balaban J connectivity index is 2.37. The summed E-state index contributed by atoms with van der Waals surface area (Å²) >= 11 is 0. The molecule has 0 bridgehead atoms. The van der Waals surface area contributed by atoms with Crippen molar-refractivity contribution in [1.82, 2.24) is 5.32 Å². The van der Waals surface area contributed by atoms with Crippen molar-refractivity contribution in [3.8, 4) is 0 Å². The molecule has 18 heavy (non-hydrogen) atoms. The van der Waals surface area contributed by atoms with Crippen molar-refractivity contribution < 1.29 is 0 Å². The highest BCUT2D eigenvalue weighted by atomic mass is 14.9. The van der Waals surface area contributed by atoms with E-state index in [1.54, 1.807) is 0 Å². The summed E-state index contributed by atoms with van der Waals surface area (Å²) in [6.07, 6.45) is 5.66. The first-order valence-corrected chi connectivity index (χ1v) is 6.97. The minimum absolute atomic E-state index is 0.207. The number of hydrogen-bond donors (Lipinski definition) is 1. The van der Waals surface area contributed by atoms with Gasteiger partial charge in [0.25, 0.3) is 0 Å². The molecule has 0 heterocycles. The molecule has 0 amide bonds. The molecule has 1 atom stereocenters. The van der Waals surface area contributed by atoms with Crippen LogP contribution >= 0.6 is 0 Å². The van der Waals surface area contributed by atoms with Gasteiger partial charge in [0.1, 0.15) is 0 Å². The van der Waals surface area contributed by atoms with Gasteiger partial charge in [0, 0.05) is 12.6 Å². The highest BCUT2D eigenvalue weighted by molar-refractivity contribution is 5.14. The van der Waals surface area contributed by atoms with Crippen LogP contribution in [0.15, 0.2) is 43.0 Å². The maximum atomic E-state index is 4.00. The molecule has 0 saturated heterocycles. The van der Waals surface area contributed by atoms with E-state index in [9.17, 15) is 0 Å². The van der Waals surface area contributed by atoms with Crippen LogP contribution in [0.3, 0.4) is 0 Å². The molecule has 1 heteroatoms. The van der Waals surface area contributed by atoms with Gasteiger partial charge in [0.15, 0.2) is 0 Å². The molecule has 1 aromatic rings. The number of aryl methyl sites for hydroxylation is 1. The second-order valence-corrected chi connectivity index (χ2v) is 5.73. The monoisotopic (exact) mass is 245 g/mol. The standard InChI is InChI=1S/C17H27N/c1-5-17(4,14-18-15(2)3)13-9-12-16-10-7-6-8-11-16/h5-8,10-11,15,18H,1,9,12-14H2,2-4H3. The zero-order chi connectivity index (χ0) is 13.4. The predicted octanol–water partition coefficient (Wildman–Crippen LogP) is 4.20. The Morgan fingerprint density at radius 1 is 1.28 bits per heavy atom. The Labute approximate surface area is 112 Å². The van der Waals surface area contributed by atoms with E-state index in [1.807, 2.05) is 0 Å². The van der Waals surface area contributed by atoms with Crippen LogP contribution in [0.5, 0.6) is 0 Å². The topological polar surface area (TPSA) is 12.0 Å². The average Bonchev–Trinajstić information content (AvgIpc) is 2.38. The van der Waals surface area contributed by atoms with Crippen LogP contribution in [-0.2, 0) is 6.42 Å². The van der Waals surface area contributed by atoms with Gasteiger partial charge in [-0.1, -0.05) is 57.2 Å². The molecule has 100 valence electrons. The summed E-state index contributed by atoms with van der Waals surface area (Å²) in [6.45, 7) is 11.7. The second-order valence-electron chi connectivity index (χ2n) is 5.73. The fourth-order valence-electron chi connectivity index (χ4n) is 2.04. The number of rotatable bonds is 8. The molecule has 1 unspecified atom stereocenters. The minimum Gasteiger partial charge on any atom is -0.314 e. The second kappa shape index (κ2) is 7.38. The van der Waals surface area contributed by atoms with Crippen molar-refractivity contribution in [1.29, 1.82) is 0 Å². The molecule has 1 aromatic carbocycles. The molecule has 0 radical (unpaired) electrons. The van der Waals surface area contributed by atoms with E-state index >= 15 is 0 Å². The average molecular weight is 245 g/mol. The Morgan fingerprint density at radius 2 is 1.94 bits per heavy atom. The van der Waals surface area contributed by atoms with Gasteiger partial charge in [-0.3, -0.25) is 0 Å². The summed E-state index contributed by atoms with van der Waals surface area (Å²) < 4.78 is 0. The molecule has 0 aliphatic carbocycles. The first-order chi connectivity index (χ1) is 8.56. The maximum absolute atomic E-state index is 4.00. The van der Waals surface area contributed by atoms with Gasteiger partial charge in [-0.25, -0.2) is 0 Å². The summed E-state index contributed by atoms with van der Waals surface area (Å²) in [4.78, 5) is 0. The molecule has 1 N–H and O–H groups in total. The predicted molar refractivity (Wildman–Crippen MR) is 80.8 cm³/mol. The third-order valence-corrected chi connectivity index (χ3v) is 3.46. The molecule has 1 rings (SSSR count). The lowest BCUT2D eigenvalue weighted by Gasteiger charge is -2.27. The van der Waals surface area contributed by atoms with Crippen molar-refractivity contribution in [2.45, 2.75) is 46.1 Å². The van der Waals surface area contributed by atoms with Gasteiger partial charge >= 0.3 is 0 Å². The van der Waals surface area contributed by atoms with Crippen molar-refractivity contribution in [3.63, 3.8) is 0 Å². The van der Waals surface area contributed by atoms with E-state index in [2.05, 4.69) is 69.1 Å². The number of nitrogens with one attached hydrogen (secondary N) is 1. The van der Waals surface area contributed by atoms with Crippen LogP contribution in [0.25, 0.3) is 0 Å². The molecule has 0 aliphatic heterocycles. The fourth-order valence-corrected chi connectivity index (χ4v) is 2.04. The molecular weight excluding hydrogens is 218 g/mol. The molecule has 0 fully saturated rings. The largest absolute Gasteiger partial charge is 0.314 e. The van der Waals surface area contributed by atoms with Gasteiger partial charge in [0.05, 0.1) is 0 Å². The normalized spacial score (nSPS) is 14.4. The summed E-state index contributed by atoms with van der Waals surface area (Å²) in [5, 5.41) is 3.51. The Kier molecular flexibility index (Phi) is 6.14. The molecule has 0 aliphatic rings. The highest BCUT2D eigenvalue weighted by Crippen LogP contribution is 2.24. The summed E-state index contributed by atoms with van der Waals surface area (Å²) in [7, 11) is 0. The number of hydrogen-bond acceptors (Lipinski definition) is 1. The van der Waals surface area contributed by atoms with Crippen LogP contribution in [0.4, 0.5) is 0 Å². The smallest absolute Gasteiger partial charge is 0.00421 e. The van der Waals surface area contributed by atoms with Crippen LogP contribution in [0.2, 0.25) is 0 Å². The molecule has 0 spiro atoms. The third kappa shape index (κ3) is 5.50. The van der Waals surface area contributed by atoms with Crippen LogP contribution in [-0.4, -0.2) is 12.6 Å². The van der Waals surface area contributed by atoms with Crippen LogP contribution in [0, 0.1) is 5.41 Å². The zero-order valence-electron chi connectivity index (χ0n) is 12.1. The quantitative estimate of drug-likeness (QED) is 0.677. The SMILES string of the molecule is C=CC(C)(CCCc1ccccc1)CNC(C)C. The van der Waals surface area contributed by atoms with E-state index in [0.717, 1.165) is 13.0 Å². The lowest BCUT2D eigenvalue weighted by Crippen LogP contribution is -2.34. The van der Waals surface area contributed by atoms with Gasteiger partial charge in [-0.2, -0.15) is 0 Å². The van der Waals surface area contributed by atoms with Gasteiger partial charge in [0.2, 0.25) is 0 Å². The third-order valence-electron chi connectivity index (χ3n) is 3.46. The molecule has 0 saturated carbocycles. The molecular formula is C17H27N. The van der Waals surface area contributed by atoms with Crippen molar-refractivity contribution in [2.75, 3.05) is 6.54 Å². The Hall–Kier alpha value is -1.08. The lowest BCUT2D eigenvalue weighted by molar-refractivity contribution is 0.342. The van der Waals surface area contributed by atoms with Gasteiger partial charge < -0.3 is 5.32 Å². The van der Waals surface area contributed by atoms with E-state index in [-0.39, 0.29) is 5.41 Å².